The quantitative estimate of drug-likeness (QED) is 0.813. The highest BCUT2D eigenvalue weighted by Crippen LogP contribution is 2.35. The van der Waals surface area contributed by atoms with Crippen molar-refractivity contribution in [3.8, 4) is 0 Å². The molecule has 1 N–H and O–H groups in total. The molecule has 0 fully saturated rings. The zero-order chi connectivity index (χ0) is 19.3. The van der Waals surface area contributed by atoms with E-state index in [2.05, 4.69) is 5.32 Å². The molecular formula is C17H16ClF3N2O3. The van der Waals surface area contributed by atoms with E-state index in [4.69, 9.17) is 16.0 Å². The van der Waals surface area contributed by atoms with Crippen molar-refractivity contribution in [1.82, 2.24) is 5.32 Å². The fourth-order valence-electron chi connectivity index (χ4n) is 2.24. The first-order chi connectivity index (χ1) is 12.2. The van der Waals surface area contributed by atoms with E-state index in [1.807, 2.05) is 0 Å². The minimum Gasteiger partial charge on any atom is -0.467 e. The molecule has 0 atom stereocenters. The van der Waals surface area contributed by atoms with Gasteiger partial charge in [0.1, 0.15) is 5.76 Å². The molecule has 0 aliphatic carbocycles. The first-order valence-electron chi connectivity index (χ1n) is 7.62. The molecule has 2 aromatic rings. The lowest BCUT2D eigenvalue weighted by molar-refractivity contribution is -0.137. The Kier molecular flexibility index (Phi) is 6.31. The predicted molar refractivity (Wildman–Crippen MR) is 89.7 cm³/mol. The van der Waals surface area contributed by atoms with Gasteiger partial charge in [0, 0.05) is 19.9 Å². The van der Waals surface area contributed by atoms with Crippen molar-refractivity contribution < 1.29 is 27.2 Å². The molecule has 26 heavy (non-hydrogen) atoms. The number of hydrogen-bond acceptors (Lipinski definition) is 3. The molecule has 0 bridgehead atoms. The Balaban J connectivity index is 2.07. The van der Waals surface area contributed by atoms with Gasteiger partial charge in [0.25, 0.3) is 0 Å². The fourth-order valence-corrected chi connectivity index (χ4v) is 2.46. The number of carbonyl (C=O) groups is 2. The van der Waals surface area contributed by atoms with E-state index in [-0.39, 0.29) is 36.1 Å². The predicted octanol–water partition coefficient (Wildman–Crippen LogP) is 4.01. The van der Waals surface area contributed by atoms with Crippen molar-refractivity contribution in [2.24, 2.45) is 0 Å². The number of alkyl halides is 3. The summed E-state index contributed by atoms with van der Waals surface area (Å²) in [5.74, 6) is -0.344. The van der Waals surface area contributed by atoms with Crippen LogP contribution in [0.2, 0.25) is 5.02 Å². The molecule has 5 nitrogen and oxygen atoms in total. The lowest BCUT2D eigenvalue weighted by atomic mass is 10.1. The van der Waals surface area contributed by atoms with E-state index in [0.717, 1.165) is 23.1 Å². The third-order valence-corrected chi connectivity index (χ3v) is 3.87. The van der Waals surface area contributed by atoms with Crippen LogP contribution in [0.15, 0.2) is 41.0 Å². The van der Waals surface area contributed by atoms with Gasteiger partial charge in [0.2, 0.25) is 11.8 Å². The highest BCUT2D eigenvalue weighted by Gasteiger charge is 2.32. The number of amides is 2. The molecule has 1 aromatic carbocycles. The maximum Gasteiger partial charge on any atom is 0.416 e. The van der Waals surface area contributed by atoms with E-state index in [0.29, 0.717) is 5.76 Å². The van der Waals surface area contributed by atoms with E-state index in [1.165, 1.54) is 13.2 Å². The van der Waals surface area contributed by atoms with Crippen LogP contribution in [0.25, 0.3) is 0 Å². The summed E-state index contributed by atoms with van der Waals surface area (Å²) in [4.78, 5) is 24.8. The number of nitrogens with one attached hydrogen (secondary N) is 1. The molecule has 0 saturated heterocycles. The van der Waals surface area contributed by atoms with Gasteiger partial charge in [-0.2, -0.15) is 13.2 Å². The number of nitrogens with zero attached hydrogens (tertiary/aromatic N) is 1. The second-order valence-corrected chi connectivity index (χ2v) is 5.85. The van der Waals surface area contributed by atoms with Crippen molar-refractivity contribution in [3.05, 3.63) is 52.9 Å². The van der Waals surface area contributed by atoms with Crippen LogP contribution >= 0.6 is 11.6 Å². The van der Waals surface area contributed by atoms with Crippen molar-refractivity contribution in [2.45, 2.75) is 26.1 Å². The summed E-state index contributed by atoms with van der Waals surface area (Å²) < 4.78 is 43.8. The van der Waals surface area contributed by atoms with Gasteiger partial charge in [-0.15, -0.1) is 0 Å². The molecule has 9 heteroatoms. The van der Waals surface area contributed by atoms with Gasteiger partial charge in [-0.25, -0.2) is 0 Å². The van der Waals surface area contributed by atoms with Crippen molar-refractivity contribution in [3.63, 3.8) is 0 Å². The summed E-state index contributed by atoms with van der Waals surface area (Å²) in [5.41, 5.74) is -1.02. The summed E-state index contributed by atoms with van der Waals surface area (Å²) in [5, 5.41) is 2.59. The minimum absolute atomic E-state index is 0.0100. The summed E-state index contributed by atoms with van der Waals surface area (Å²) in [7, 11) is 0. The molecule has 1 aromatic heterocycles. The molecule has 0 aliphatic rings. The van der Waals surface area contributed by atoms with Crippen LogP contribution in [0.3, 0.4) is 0 Å². The molecular weight excluding hydrogens is 373 g/mol. The van der Waals surface area contributed by atoms with Gasteiger partial charge >= 0.3 is 6.18 Å². The first-order valence-corrected chi connectivity index (χ1v) is 8.00. The monoisotopic (exact) mass is 388 g/mol. The average Bonchev–Trinajstić information content (AvgIpc) is 3.06. The van der Waals surface area contributed by atoms with Crippen LogP contribution in [0, 0.1) is 0 Å². The number of rotatable bonds is 6. The number of benzene rings is 1. The highest BCUT2D eigenvalue weighted by atomic mass is 35.5. The van der Waals surface area contributed by atoms with E-state index < -0.39 is 17.6 Å². The highest BCUT2D eigenvalue weighted by molar-refractivity contribution is 6.33. The van der Waals surface area contributed by atoms with Crippen LogP contribution in [0.4, 0.5) is 18.9 Å². The SMILES string of the molecule is CC(=O)N(CCC(=O)NCc1ccco1)c1cc(C(F)(F)F)ccc1Cl. The topological polar surface area (TPSA) is 62.6 Å². The van der Waals surface area contributed by atoms with Crippen molar-refractivity contribution in [2.75, 3.05) is 11.4 Å². The van der Waals surface area contributed by atoms with E-state index >= 15 is 0 Å². The van der Waals surface area contributed by atoms with Gasteiger partial charge in [-0.3, -0.25) is 9.59 Å². The zero-order valence-electron chi connectivity index (χ0n) is 13.8. The fraction of sp³-hybridized carbons (Fsp3) is 0.294. The molecule has 0 saturated carbocycles. The number of hydrogen-bond donors (Lipinski definition) is 1. The van der Waals surface area contributed by atoms with Gasteiger partial charge in [0.15, 0.2) is 0 Å². The molecule has 1 heterocycles. The van der Waals surface area contributed by atoms with Crippen LogP contribution in [-0.2, 0) is 22.3 Å². The maximum atomic E-state index is 12.9. The van der Waals surface area contributed by atoms with E-state index in [9.17, 15) is 22.8 Å². The Morgan fingerprint density at radius 3 is 2.58 bits per heavy atom. The Morgan fingerprint density at radius 1 is 1.27 bits per heavy atom. The summed E-state index contributed by atoms with van der Waals surface area (Å²) >= 11 is 5.95. The summed E-state index contributed by atoms with van der Waals surface area (Å²) in [6.07, 6.45) is -3.20. The molecule has 2 rings (SSSR count). The number of anilines is 1. The normalized spacial score (nSPS) is 11.3. The molecule has 0 aliphatic heterocycles. The maximum absolute atomic E-state index is 12.9. The Hall–Kier alpha value is -2.48. The van der Waals surface area contributed by atoms with Crippen LogP contribution in [0.1, 0.15) is 24.7 Å². The van der Waals surface area contributed by atoms with Crippen molar-refractivity contribution in [1.29, 1.82) is 0 Å². The summed E-state index contributed by atoms with van der Waals surface area (Å²) in [6, 6.07) is 6.07. The molecule has 140 valence electrons. The third kappa shape index (κ3) is 5.26. The standard InChI is InChI=1S/C17H16ClF3N2O3/c1-11(24)23(7-6-16(25)22-10-13-3-2-8-26-13)15-9-12(17(19,20)21)4-5-14(15)18/h2-5,8-9H,6-7,10H2,1H3,(H,22,25). The minimum atomic E-state index is -4.57. The van der Waals surface area contributed by atoms with E-state index in [1.54, 1.807) is 12.1 Å². The van der Waals surface area contributed by atoms with Gasteiger partial charge in [0.05, 0.1) is 29.1 Å². The van der Waals surface area contributed by atoms with Crippen LogP contribution < -0.4 is 10.2 Å². The largest absolute Gasteiger partial charge is 0.467 e. The lowest BCUT2D eigenvalue weighted by Gasteiger charge is -2.23. The summed E-state index contributed by atoms with van der Waals surface area (Å²) in [6.45, 7) is 1.26. The smallest absolute Gasteiger partial charge is 0.416 e. The number of halogens is 4. The molecule has 0 spiro atoms. The first kappa shape index (κ1) is 19.8. The Labute approximate surface area is 152 Å². The molecule has 0 radical (unpaired) electrons. The van der Waals surface area contributed by atoms with Gasteiger partial charge in [-0.1, -0.05) is 11.6 Å². The average molecular weight is 389 g/mol. The second-order valence-electron chi connectivity index (χ2n) is 5.44. The van der Waals surface area contributed by atoms with Crippen LogP contribution in [0.5, 0.6) is 0 Å². The number of carbonyl (C=O) groups excluding carboxylic acids is 2. The Bertz CT molecular complexity index is 776. The van der Waals surface area contributed by atoms with Gasteiger partial charge < -0.3 is 14.6 Å². The van der Waals surface area contributed by atoms with Crippen molar-refractivity contribution >= 4 is 29.1 Å². The molecule has 2 amide bonds. The third-order valence-electron chi connectivity index (χ3n) is 3.55. The van der Waals surface area contributed by atoms with Crippen LogP contribution in [-0.4, -0.2) is 18.4 Å². The molecule has 0 unspecified atom stereocenters. The lowest BCUT2D eigenvalue weighted by Crippen LogP contribution is -2.34. The number of furan rings is 1. The zero-order valence-corrected chi connectivity index (χ0v) is 14.5. The second kappa shape index (κ2) is 8.27. The Morgan fingerprint density at radius 2 is 2.00 bits per heavy atom. The van der Waals surface area contributed by atoms with Gasteiger partial charge in [-0.05, 0) is 30.3 Å².